The van der Waals surface area contributed by atoms with Crippen molar-refractivity contribution in [1.29, 1.82) is 0 Å². The molecule has 2 heterocycles. The molecule has 0 amide bonds. The molecule has 0 radical (unpaired) electrons. The van der Waals surface area contributed by atoms with Crippen molar-refractivity contribution in [3.63, 3.8) is 0 Å². The summed E-state index contributed by atoms with van der Waals surface area (Å²) in [6, 6.07) is 11.9. The third-order valence-corrected chi connectivity index (χ3v) is 3.92. The Labute approximate surface area is 136 Å². The summed E-state index contributed by atoms with van der Waals surface area (Å²) >= 11 is 0. The lowest BCUT2D eigenvalue weighted by Crippen LogP contribution is -2.36. The summed E-state index contributed by atoms with van der Waals surface area (Å²) in [6.07, 6.45) is 0. The number of nitrogens with one attached hydrogen (secondary N) is 1. The second kappa shape index (κ2) is 6.79. The second-order valence-electron chi connectivity index (χ2n) is 5.68. The van der Waals surface area contributed by atoms with Gasteiger partial charge in [-0.1, -0.05) is 0 Å². The van der Waals surface area contributed by atoms with Crippen LogP contribution in [0, 0.1) is 6.92 Å². The van der Waals surface area contributed by atoms with E-state index >= 15 is 0 Å². The fraction of sp³-hybridized carbons (Fsp3) is 0.333. The van der Waals surface area contributed by atoms with Crippen LogP contribution in [0.4, 0.5) is 17.2 Å². The number of aryl methyl sites for hydroxylation is 1. The summed E-state index contributed by atoms with van der Waals surface area (Å²) in [6.45, 7) is 6.85. The van der Waals surface area contributed by atoms with Crippen LogP contribution in [0.15, 0.2) is 36.4 Å². The summed E-state index contributed by atoms with van der Waals surface area (Å²) < 4.78 is 5.38. The van der Waals surface area contributed by atoms with Crippen LogP contribution in [-0.4, -0.2) is 37.1 Å². The molecule has 23 heavy (non-hydrogen) atoms. The smallest absolute Gasteiger partial charge is 0.163 e. The molecule has 120 valence electrons. The van der Waals surface area contributed by atoms with Gasteiger partial charge in [-0.25, -0.2) is 4.98 Å². The fourth-order valence-corrected chi connectivity index (χ4v) is 2.65. The number of ether oxygens (including phenoxy) is 1. The third kappa shape index (κ3) is 3.68. The predicted octanol–water partition coefficient (Wildman–Crippen LogP) is 3.17. The van der Waals surface area contributed by atoms with Gasteiger partial charge >= 0.3 is 0 Å². The van der Waals surface area contributed by atoms with Gasteiger partial charge < -0.3 is 15.0 Å². The topological polar surface area (TPSA) is 54.5 Å². The SMILES string of the molecule is CC(=O)c1ccc(C)nc1Nc1ccc(N2CCOCC2)cc1. The number of Topliss-reactive ketones (excluding diaryl/α,β-unsaturated/α-hetero) is 1. The van der Waals surface area contributed by atoms with Crippen LogP contribution in [-0.2, 0) is 4.74 Å². The number of rotatable bonds is 4. The molecule has 0 spiro atoms. The van der Waals surface area contributed by atoms with Crippen molar-refractivity contribution in [1.82, 2.24) is 4.98 Å². The predicted molar refractivity (Wildman–Crippen MR) is 91.7 cm³/mol. The number of carbonyl (C=O) groups excluding carboxylic acids is 1. The van der Waals surface area contributed by atoms with Gasteiger partial charge in [0.05, 0.1) is 18.8 Å². The summed E-state index contributed by atoms with van der Waals surface area (Å²) in [7, 11) is 0. The van der Waals surface area contributed by atoms with Crippen LogP contribution >= 0.6 is 0 Å². The van der Waals surface area contributed by atoms with Crippen molar-refractivity contribution < 1.29 is 9.53 Å². The molecule has 1 aliphatic heterocycles. The first kappa shape index (κ1) is 15.5. The lowest BCUT2D eigenvalue weighted by molar-refractivity contribution is 0.101. The molecule has 1 N–H and O–H groups in total. The van der Waals surface area contributed by atoms with E-state index in [1.807, 2.05) is 31.2 Å². The average Bonchev–Trinajstić information content (AvgIpc) is 2.56. The summed E-state index contributed by atoms with van der Waals surface area (Å²) in [5.74, 6) is 0.613. The Morgan fingerprint density at radius 1 is 1.13 bits per heavy atom. The van der Waals surface area contributed by atoms with E-state index < -0.39 is 0 Å². The number of carbonyl (C=O) groups is 1. The van der Waals surface area contributed by atoms with Crippen molar-refractivity contribution in [3.05, 3.63) is 47.7 Å². The van der Waals surface area contributed by atoms with Crippen molar-refractivity contribution in [2.24, 2.45) is 0 Å². The van der Waals surface area contributed by atoms with Gasteiger partial charge in [-0.15, -0.1) is 0 Å². The van der Waals surface area contributed by atoms with Crippen LogP contribution in [0.1, 0.15) is 23.0 Å². The molecule has 1 fully saturated rings. The Kier molecular flexibility index (Phi) is 4.57. The Hall–Kier alpha value is -2.40. The highest BCUT2D eigenvalue weighted by molar-refractivity contribution is 5.99. The highest BCUT2D eigenvalue weighted by atomic mass is 16.5. The molecular formula is C18H21N3O2. The third-order valence-electron chi connectivity index (χ3n) is 3.92. The molecule has 3 rings (SSSR count). The van der Waals surface area contributed by atoms with Crippen LogP contribution < -0.4 is 10.2 Å². The Bertz CT molecular complexity index is 692. The zero-order chi connectivity index (χ0) is 16.2. The minimum atomic E-state index is 0.00457. The molecule has 0 aliphatic carbocycles. The molecule has 5 heteroatoms. The quantitative estimate of drug-likeness (QED) is 0.879. The normalized spacial score (nSPS) is 14.6. The number of ketones is 1. The van der Waals surface area contributed by atoms with Gasteiger partial charge in [0, 0.05) is 30.2 Å². The monoisotopic (exact) mass is 311 g/mol. The molecule has 0 bridgehead atoms. The second-order valence-corrected chi connectivity index (χ2v) is 5.68. The van der Waals surface area contributed by atoms with E-state index in [0.717, 1.165) is 37.7 Å². The largest absolute Gasteiger partial charge is 0.378 e. The number of morpholine rings is 1. The highest BCUT2D eigenvalue weighted by Gasteiger charge is 2.12. The maximum absolute atomic E-state index is 11.7. The Balaban J connectivity index is 1.78. The first-order valence-electron chi connectivity index (χ1n) is 7.82. The van der Waals surface area contributed by atoms with E-state index in [-0.39, 0.29) is 5.78 Å². The zero-order valence-electron chi connectivity index (χ0n) is 13.5. The van der Waals surface area contributed by atoms with Gasteiger partial charge in [-0.05, 0) is 50.2 Å². The molecule has 1 aromatic heterocycles. The highest BCUT2D eigenvalue weighted by Crippen LogP contribution is 2.23. The molecule has 0 atom stereocenters. The minimum Gasteiger partial charge on any atom is -0.378 e. The summed E-state index contributed by atoms with van der Waals surface area (Å²) in [4.78, 5) is 18.5. The van der Waals surface area contributed by atoms with E-state index in [2.05, 4.69) is 27.3 Å². The number of pyridine rings is 1. The van der Waals surface area contributed by atoms with Crippen LogP contribution in [0.25, 0.3) is 0 Å². The molecule has 5 nitrogen and oxygen atoms in total. The van der Waals surface area contributed by atoms with Crippen molar-refractivity contribution in [2.45, 2.75) is 13.8 Å². The number of aromatic nitrogens is 1. The van der Waals surface area contributed by atoms with Crippen LogP contribution in [0.2, 0.25) is 0 Å². The lowest BCUT2D eigenvalue weighted by atomic mass is 10.1. The summed E-state index contributed by atoms with van der Waals surface area (Å²) in [5.41, 5.74) is 3.58. The van der Waals surface area contributed by atoms with Crippen molar-refractivity contribution in [3.8, 4) is 0 Å². The van der Waals surface area contributed by atoms with Crippen LogP contribution in [0.5, 0.6) is 0 Å². The molecule has 1 aromatic carbocycles. The van der Waals surface area contributed by atoms with Crippen LogP contribution in [0.3, 0.4) is 0 Å². The molecule has 2 aromatic rings. The number of benzene rings is 1. The molecule has 0 unspecified atom stereocenters. The van der Waals surface area contributed by atoms with Gasteiger partial charge in [0.1, 0.15) is 5.82 Å². The minimum absolute atomic E-state index is 0.00457. The molecule has 1 saturated heterocycles. The van der Waals surface area contributed by atoms with E-state index in [1.165, 1.54) is 5.69 Å². The average molecular weight is 311 g/mol. The molecular weight excluding hydrogens is 290 g/mol. The lowest BCUT2D eigenvalue weighted by Gasteiger charge is -2.29. The first-order chi connectivity index (χ1) is 11.1. The number of hydrogen-bond donors (Lipinski definition) is 1. The number of hydrogen-bond acceptors (Lipinski definition) is 5. The molecule has 0 saturated carbocycles. The first-order valence-corrected chi connectivity index (χ1v) is 7.82. The van der Waals surface area contributed by atoms with Gasteiger partial charge in [-0.2, -0.15) is 0 Å². The van der Waals surface area contributed by atoms with E-state index in [1.54, 1.807) is 6.92 Å². The van der Waals surface area contributed by atoms with E-state index in [0.29, 0.717) is 11.4 Å². The van der Waals surface area contributed by atoms with E-state index in [4.69, 9.17) is 4.74 Å². The standard InChI is InChI=1S/C18H21N3O2/c1-13-3-8-17(14(2)22)18(19-13)20-15-4-6-16(7-5-15)21-9-11-23-12-10-21/h3-8H,9-12H2,1-2H3,(H,19,20). The fourth-order valence-electron chi connectivity index (χ4n) is 2.65. The van der Waals surface area contributed by atoms with Crippen molar-refractivity contribution in [2.75, 3.05) is 36.5 Å². The number of anilines is 3. The Morgan fingerprint density at radius 2 is 1.83 bits per heavy atom. The maximum atomic E-state index is 11.7. The summed E-state index contributed by atoms with van der Waals surface area (Å²) in [5, 5.41) is 3.25. The van der Waals surface area contributed by atoms with E-state index in [9.17, 15) is 4.79 Å². The Morgan fingerprint density at radius 3 is 2.48 bits per heavy atom. The number of nitrogens with zero attached hydrogens (tertiary/aromatic N) is 2. The van der Waals surface area contributed by atoms with Gasteiger partial charge in [0.25, 0.3) is 0 Å². The van der Waals surface area contributed by atoms with Gasteiger partial charge in [0.15, 0.2) is 5.78 Å². The zero-order valence-corrected chi connectivity index (χ0v) is 13.5. The van der Waals surface area contributed by atoms with Crippen molar-refractivity contribution >= 4 is 23.0 Å². The molecule has 1 aliphatic rings. The van der Waals surface area contributed by atoms with Gasteiger partial charge in [-0.3, -0.25) is 4.79 Å². The maximum Gasteiger partial charge on any atom is 0.163 e. The van der Waals surface area contributed by atoms with Gasteiger partial charge in [0.2, 0.25) is 0 Å².